The predicted octanol–water partition coefficient (Wildman–Crippen LogP) is 2.05. The van der Waals surface area contributed by atoms with Gasteiger partial charge in [0.15, 0.2) is 0 Å². The van der Waals surface area contributed by atoms with Crippen molar-refractivity contribution in [3.8, 4) is 0 Å². The summed E-state index contributed by atoms with van der Waals surface area (Å²) in [6.07, 6.45) is 1.38. The molecular formula is C10H11NO2S. The van der Waals surface area contributed by atoms with Gasteiger partial charge in [-0.05, 0) is 29.7 Å². The van der Waals surface area contributed by atoms with Crippen LogP contribution in [0.15, 0.2) is 40.6 Å². The number of nitrogen functional groups attached to an aromatic ring is 1. The first-order valence-electron chi connectivity index (χ1n) is 3.99. The van der Waals surface area contributed by atoms with Crippen LogP contribution in [0.25, 0.3) is 0 Å². The van der Waals surface area contributed by atoms with Crippen LogP contribution in [0.1, 0.15) is 0 Å². The third kappa shape index (κ3) is 3.53. The third-order valence-electron chi connectivity index (χ3n) is 1.49. The number of nitrogens with two attached hydrogens (primary N) is 1. The van der Waals surface area contributed by atoms with Crippen molar-refractivity contribution < 1.29 is 9.53 Å². The highest BCUT2D eigenvalue weighted by Gasteiger charge is 1.92. The van der Waals surface area contributed by atoms with Crippen molar-refractivity contribution in [3.05, 3.63) is 35.7 Å². The fraction of sp³-hybridized carbons (Fsp3) is 0.100. The molecule has 0 radical (unpaired) electrons. The second-order valence-corrected chi connectivity index (χ2v) is 3.49. The van der Waals surface area contributed by atoms with Crippen molar-refractivity contribution in [1.29, 1.82) is 0 Å². The van der Waals surface area contributed by atoms with E-state index in [9.17, 15) is 4.79 Å². The van der Waals surface area contributed by atoms with Crippen LogP contribution >= 0.6 is 11.8 Å². The van der Waals surface area contributed by atoms with Gasteiger partial charge in [0.05, 0.1) is 7.11 Å². The lowest BCUT2D eigenvalue weighted by Crippen LogP contribution is -1.92. The first-order valence-corrected chi connectivity index (χ1v) is 4.87. The Morgan fingerprint density at radius 1 is 1.43 bits per heavy atom. The largest absolute Gasteiger partial charge is 0.466 e. The van der Waals surface area contributed by atoms with Crippen LogP contribution in [0.4, 0.5) is 5.69 Å². The summed E-state index contributed by atoms with van der Waals surface area (Å²) in [6.45, 7) is 0. The van der Waals surface area contributed by atoms with E-state index in [1.807, 2.05) is 24.3 Å². The summed E-state index contributed by atoms with van der Waals surface area (Å²) in [6, 6.07) is 7.41. The van der Waals surface area contributed by atoms with Gasteiger partial charge in [-0.3, -0.25) is 0 Å². The SMILES string of the molecule is COC(=O)C=CSc1ccc(N)cc1. The summed E-state index contributed by atoms with van der Waals surface area (Å²) < 4.78 is 4.45. The Morgan fingerprint density at radius 3 is 2.64 bits per heavy atom. The van der Waals surface area contributed by atoms with Gasteiger partial charge in [0.25, 0.3) is 0 Å². The van der Waals surface area contributed by atoms with Crippen molar-refractivity contribution in [2.24, 2.45) is 0 Å². The molecule has 0 bridgehead atoms. The van der Waals surface area contributed by atoms with Gasteiger partial charge >= 0.3 is 5.97 Å². The van der Waals surface area contributed by atoms with Crippen LogP contribution in [0.2, 0.25) is 0 Å². The van der Waals surface area contributed by atoms with Gasteiger partial charge in [-0.15, -0.1) is 0 Å². The van der Waals surface area contributed by atoms with Gasteiger partial charge in [0.1, 0.15) is 0 Å². The Labute approximate surface area is 86.9 Å². The van der Waals surface area contributed by atoms with Gasteiger partial charge in [-0.2, -0.15) is 0 Å². The Balaban J connectivity index is 2.49. The molecule has 1 rings (SSSR count). The lowest BCUT2D eigenvalue weighted by molar-refractivity contribution is -0.134. The average Bonchev–Trinajstić information content (AvgIpc) is 2.21. The monoisotopic (exact) mass is 209 g/mol. The van der Waals surface area contributed by atoms with Crippen LogP contribution in [0.5, 0.6) is 0 Å². The highest BCUT2D eigenvalue weighted by Crippen LogP contribution is 2.19. The number of ether oxygens (including phenoxy) is 1. The van der Waals surface area contributed by atoms with E-state index in [-0.39, 0.29) is 5.97 Å². The molecule has 0 fully saturated rings. The molecule has 0 aliphatic rings. The first-order chi connectivity index (χ1) is 6.72. The fourth-order valence-corrected chi connectivity index (χ4v) is 1.41. The molecule has 0 atom stereocenters. The molecule has 74 valence electrons. The fourth-order valence-electron chi connectivity index (χ4n) is 0.783. The Kier molecular flexibility index (Phi) is 4.07. The Bertz CT molecular complexity index is 332. The van der Waals surface area contributed by atoms with Crippen LogP contribution in [0, 0.1) is 0 Å². The van der Waals surface area contributed by atoms with Gasteiger partial charge in [-0.25, -0.2) is 4.79 Å². The number of carbonyl (C=O) groups is 1. The molecule has 0 saturated carbocycles. The zero-order valence-corrected chi connectivity index (χ0v) is 8.58. The number of hydrogen-bond donors (Lipinski definition) is 1. The number of rotatable bonds is 3. The van der Waals surface area contributed by atoms with E-state index in [0.717, 1.165) is 10.6 Å². The molecule has 0 heterocycles. The molecule has 2 N–H and O–H groups in total. The molecule has 3 nitrogen and oxygen atoms in total. The molecule has 4 heteroatoms. The molecule has 14 heavy (non-hydrogen) atoms. The summed E-state index contributed by atoms with van der Waals surface area (Å²) in [4.78, 5) is 11.7. The lowest BCUT2D eigenvalue weighted by atomic mass is 10.3. The minimum atomic E-state index is -0.354. The molecule has 0 aliphatic carbocycles. The summed E-state index contributed by atoms with van der Waals surface area (Å²) in [5.74, 6) is -0.354. The zero-order chi connectivity index (χ0) is 10.4. The van der Waals surface area contributed by atoms with E-state index in [0.29, 0.717) is 0 Å². The Hall–Kier alpha value is -1.42. The maximum atomic E-state index is 10.7. The van der Waals surface area contributed by atoms with E-state index in [1.54, 1.807) is 5.41 Å². The molecule has 0 saturated heterocycles. The van der Waals surface area contributed by atoms with Gasteiger partial charge in [0, 0.05) is 16.7 Å². The first kappa shape index (κ1) is 10.7. The summed E-state index contributed by atoms with van der Waals surface area (Å²) in [5, 5.41) is 1.68. The number of anilines is 1. The van der Waals surface area contributed by atoms with Crippen LogP contribution in [0.3, 0.4) is 0 Å². The third-order valence-corrected chi connectivity index (χ3v) is 2.31. The maximum Gasteiger partial charge on any atom is 0.330 e. The van der Waals surface area contributed by atoms with Crippen molar-refractivity contribution in [2.45, 2.75) is 4.90 Å². The molecule has 1 aromatic carbocycles. The minimum absolute atomic E-state index is 0.354. The van der Waals surface area contributed by atoms with Crippen LogP contribution < -0.4 is 5.73 Å². The van der Waals surface area contributed by atoms with E-state index < -0.39 is 0 Å². The summed E-state index contributed by atoms with van der Waals surface area (Å²) in [5.41, 5.74) is 6.25. The highest BCUT2D eigenvalue weighted by molar-refractivity contribution is 8.02. The molecule has 0 unspecified atom stereocenters. The minimum Gasteiger partial charge on any atom is -0.466 e. The smallest absolute Gasteiger partial charge is 0.330 e. The second-order valence-electron chi connectivity index (χ2n) is 2.51. The summed E-state index contributed by atoms with van der Waals surface area (Å²) >= 11 is 1.44. The topological polar surface area (TPSA) is 52.3 Å². The molecule has 0 aliphatic heterocycles. The average molecular weight is 209 g/mol. The van der Waals surface area contributed by atoms with Gasteiger partial charge < -0.3 is 10.5 Å². The normalized spacial score (nSPS) is 10.4. The maximum absolute atomic E-state index is 10.7. The van der Waals surface area contributed by atoms with Crippen molar-refractivity contribution in [1.82, 2.24) is 0 Å². The van der Waals surface area contributed by atoms with E-state index >= 15 is 0 Å². The van der Waals surface area contributed by atoms with E-state index in [1.165, 1.54) is 24.9 Å². The quantitative estimate of drug-likeness (QED) is 0.358. The number of hydrogen-bond acceptors (Lipinski definition) is 4. The predicted molar refractivity (Wildman–Crippen MR) is 57.9 cm³/mol. The number of benzene rings is 1. The Morgan fingerprint density at radius 2 is 2.07 bits per heavy atom. The molecule has 1 aromatic rings. The number of methoxy groups -OCH3 is 1. The molecule has 0 amide bonds. The molecule has 0 aromatic heterocycles. The van der Waals surface area contributed by atoms with Gasteiger partial charge in [0.2, 0.25) is 0 Å². The molecular weight excluding hydrogens is 198 g/mol. The van der Waals surface area contributed by atoms with E-state index in [4.69, 9.17) is 5.73 Å². The number of carbonyl (C=O) groups excluding carboxylic acids is 1. The van der Waals surface area contributed by atoms with Crippen molar-refractivity contribution >= 4 is 23.4 Å². The molecule has 0 spiro atoms. The lowest BCUT2D eigenvalue weighted by Gasteiger charge is -1.96. The number of esters is 1. The van der Waals surface area contributed by atoms with Crippen LogP contribution in [-0.2, 0) is 9.53 Å². The van der Waals surface area contributed by atoms with Gasteiger partial charge in [-0.1, -0.05) is 11.8 Å². The second kappa shape index (κ2) is 5.34. The van der Waals surface area contributed by atoms with Crippen molar-refractivity contribution in [3.63, 3.8) is 0 Å². The highest BCUT2D eigenvalue weighted by atomic mass is 32.2. The van der Waals surface area contributed by atoms with Crippen molar-refractivity contribution in [2.75, 3.05) is 12.8 Å². The standard InChI is InChI=1S/C10H11NO2S/c1-13-10(12)6-7-14-9-4-2-8(11)3-5-9/h2-7H,11H2,1H3. The van der Waals surface area contributed by atoms with Crippen LogP contribution in [-0.4, -0.2) is 13.1 Å². The number of thioether (sulfide) groups is 1. The zero-order valence-electron chi connectivity index (χ0n) is 7.77. The summed E-state index contributed by atoms with van der Waals surface area (Å²) in [7, 11) is 1.35. The van der Waals surface area contributed by atoms with E-state index in [2.05, 4.69) is 4.74 Å².